The van der Waals surface area contributed by atoms with Crippen molar-refractivity contribution in [1.82, 2.24) is 0 Å². The van der Waals surface area contributed by atoms with E-state index in [-0.39, 0.29) is 6.54 Å². The summed E-state index contributed by atoms with van der Waals surface area (Å²) in [6.45, 7) is -0.0583. The van der Waals surface area contributed by atoms with Crippen LogP contribution in [0.5, 0.6) is 0 Å². The fraction of sp³-hybridized carbons (Fsp3) is 0.333. The molecule has 1 unspecified atom stereocenters. The highest BCUT2D eigenvalue weighted by atomic mass is 32.2. The Morgan fingerprint density at radius 2 is 2.10 bits per heavy atom. The van der Waals surface area contributed by atoms with E-state index in [0.29, 0.717) is 11.4 Å². The first kappa shape index (κ1) is 14.5. The normalized spacial score (nSPS) is 19.0. The predicted molar refractivity (Wildman–Crippen MR) is 75.1 cm³/mol. The number of hydrogen-bond acceptors (Lipinski definition) is 5. The van der Waals surface area contributed by atoms with E-state index in [4.69, 9.17) is 5.73 Å². The zero-order valence-electron chi connectivity index (χ0n) is 10.9. The molecule has 1 aromatic carbocycles. The van der Waals surface area contributed by atoms with Crippen LogP contribution in [0.2, 0.25) is 0 Å². The number of nitrogens with zero attached hydrogens (tertiary/aromatic N) is 1. The van der Waals surface area contributed by atoms with Gasteiger partial charge in [0.25, 0.3) is 0 Å². The molecule has 2 rings (SSSR count). The van der Waals surface area contributed by atoms with Crippen molar-refractivity contribution in [3.8, 4) is 0 Å². The van der Waals surface area contributed by atoms with Crippen LogP contribution in [0.3, 0.4) is 0 Å². The fourth-order valence-corrected chi connectivity index (χ4v) is 2.56. The number of carbonyl (C=O) groups is 2. The first-order valence-corrected chi connectivity index (χ1v) is 7.97. The van der Waals surface area contributed by atoms with Crippen molar-refractivity contribution in [3.05, 3.63) is 24.3 Å². The van der Waals surface area contributed by atoms with Crippen LogP contribution in [-0.4, -0.2) is 44.8 Å². The van der Waals surface area contributed by atoms with Crippen molar-refractivity contribution in [2.24, 2.45) is 5.73 Å². The summed E-state index contributed by atoms with van der Waals surface area (Å²) in [5, 5.41) is 2.61. The third-order valence-electron chi connectivity index (χ3n) is 2.86. The van der Waals surface area contributed by atoms with Crippen molar-refractivity contribution < 1.29 is 18.0 Å². The number of para-hydroxylation sites is 2. The van der Waals surface area contributed by atoms with Gasteiger partial charge in [0, 0.05) is 6.26 Å². The van der Waals surface area contributed by atoms with Crippen LogP contribution in [0, 0.1) is 0 Å². The van der Waals surface area contributed by atoms with Crippen molar-refractivity contribution in [2.75, 3.05) is 28.8 Å². The Labute approximate surface area is 116 Å². The van der Waals surface area contributed by atoms with Crippen molar-refractivity contribution in [3.63, 3.8) is 0 Å². The highest BCUT2D eigenvalue weighted by Gasteiger charge is 2.30. The number of sulfone groups is 1. The molecule has 0 bridgehead atoms. The molecule has 0 spiro atoms. The van der Waals surface area contributed by atoms with Gasteiger partial charge in [-0.25, -0.2) is 8.42 Å². The Kier molecular flexibility index (Phi) is 3.78. The fourth-order valence-electron chi connectivity index (χ4n) is 1.96. The van der Waals surface area contributed by atoms with Gasteiger partial charge in [-0.15, -0.1) is 0 Å². The van der Waals surface area contributed by atoms with Gasteiger partial charge in [-0.05, 0) is 12.1 Å². The minimum absolute atomic E-state index is 0.0583. The van der Waals surface area contributed by atoms with E-state index in [1.165, 1.54) is 4.90 Å². The van der Waals surface area contributed by atoms with Gasteiger partial charge in [-0.3, -0.25) is 9.59 Å². The Balaban J connectivity index is 2.41. The predicted octanol–water partition coefficient (Wildman–Crippen LogP) is -0.656. The van der Waals surface area contributed by atoms with Gasteiger partial charge < -0.3 is 16.0 Å². The lowest BCUT2D eigenvalue weighted by Crippen LogP contribution is -2.46. The first-order valence-electron chi connectivity index (χ1n) is 5.91. The Bertz CT molecular complexity index is 656. The van der Waals surface area contributed by atoms with Gasteiger partial charge in [-0.1, -0.05) is 12.1 Å². The molecule has 0 aromatic heterocycles. The summed E-state index contributed by atoms with van der Waals surface area (Å²) in [4.78, 5) is 25.1. The molecular weight excluding hydrogens is 282 g/mol. The number of carbonyl (C=O) groups excluding carboxylic acids is 2. The molecule has 7 nitrogen and oxygen atoms in total. The summed E-state index contributed by atoms with van der Waals surface area (Å²) in [5.41, 5.74) is 6.58. The molecule has 3 N–H and O–H groups in total. The summed E-state index contributed by atoms with van der Waals surface area (Å²) in [7, 11) is -3.46. The average Bonchev–Trinajstić information content (AvgIpc) is 2.45. The lowest BCUT2D eigenvalue weighted by atomic mass is 10.2. The molecule has 1 aromatic rings. The lowest BCUT2D eigenvalue weighted by molar-refractivity contribution is -0.117. The van der Waals surface area contributed by atoms with Crippen LogP contribution in [-0.2, 0) is 19.4 Å². The Hall–Kier alpha value is -1.93. The van der Waals surface area contributed by atoms with Gasteiger partial charge in [0.1, 0.15) is 11.8 Å². The SMILES string of the molecule is CS(=O)(=O)CC(=O)N1CC(N)C(=O)Nc2ccccc21. The molecule has 1 atom stereocenters. The van der Waals surface area contributed by atoms with Crippen molar-refractivity contribution in [1.29, 1.82) is 0 Å². The van der Waals surface area contributed by atoms with Crippen LogP contribution in [0.25, 0.3) is 0 Å². The molecule has 0 fully saturated rings. The van der Waals surface area contributed by atoms with Gasteiger partial charge in [0.05, 0.1) is 17.9 Å². The average molecular weight is 297 g/mol. The second kappa shape index (κ2) is 5.22. The zero-order chi connectivity index (χ0) is 14.9. The van der Waals surface area contributed by atoms with Crippen LogP contribution in [0.4, 0.5) is 11.4 Å². The minimum atomic E-state index is -3.46. The summed E-state index contributed by atoms with van der Waals surface area (Å²) < 4.78 is 22.5. The third kappa shape index (κ3) is 3.14. The number of nitrogens with one attached hydrogen (secondary N) is 1. The van der Waals surface area contributed by atoms with E-state index < -0.39 is 33.4 Å². The van der Waals surface area contributed by atoms with Crippen LogP contribution in [0.1, 0.15) is 0 Å². The molecule has 108 valence electrons. The second-order valence-electron chi connectivity index (χ2n) is 4.69. The molecule has 1 heterocycles. The monoisotopic (exact) mass is 297 g/mol. The van der Waals surface area contributed by atoms with E-state index in [1.54, 1.807) is 24.3 Å². The molecule has 0 aliphatic carbocycles. The quantitative estimate of drug-likeness (QED) is 0.753. The number of rotatable bonds is 2. The van der Waals surface area contributed by atoms with Crippen molar-refractivity contribution >= 4 is 33.0 Å². The number of anilines is 2. The number of hydrogen-bond donors (Lipinski definition) is 2. The van der Waals surface area contributed by atoms with Gasteiger partial charge in [-0.2, -0.15) is 0 Å². The summed E-state index contributed by atoms with van der Waals surface area (Å²) >= 11 is 0. The standard InChI is InChI=1S/C12H15N3O4S/c1-20(18,19)7-11(16)15-6-8(13)12(17)14-9-4-2-3-5-10(9)15/h2-5,8H,6-7,13H2,1H3,(H,14,17). The van der Waals surface area contributed by atoms with E-state index in [2.05, 4.69) is 5.32 Å². The minimum Gasteiger partial charge on any atom is -0.323 e. The van der Waals surface area contributed by atoms with E-state index in [1.807, 2.05) is 0 Å². The van der Waals surface area contributed by atoms with Gasteiger partial charge in [0.15, 0.2) is 9.84 Å². The molecule has 0 radical (unpaired) electrons. The summed E-state index contributed by atoms with van der Waals surface area (Å²) in [6.07, 6.45) is 0.984. The Morgan fingerprint density at radius 1 is 1.45 bits per heavy atom. The van der Waals surface area contributed by atoms with E-state index in [0.717, 1.165) is 6.26 Å². The van der Waals surface area contributed by atoms with E-state index >= 15 is 0 Å². The molecule has 0 saturated heterocycles. The highest BCUT2D eigenvalue weighted by Crippen LogP contribution is 2.28. The molecule has 2 amide bonds. The molecular formula is C12H15N3O4S. The smallest absolute Gasteiger partial charge is 0.243 e. The first-order chi connectivity index (χ1) is 9.28. The van der Waals surface area contributed by atoms with E-state index in [9.17, 15) is 18.0 Å². The molecule has 1 aliphatic heterocycles. The van der Waals surface area contributed by atoms with Crippen LogP contribution >= 0.6 is 0 Å². The van der Waals surface area contributed by atoms with Crippen molar-refractivity contribution in [2.45, 2.75) is 6.04 Å². The number of nitrogens with two attached hydrogens (primary N) is 1. The summed E-state index contributed by atoms with van der Waals surface area (Å²) in [5.74, 6) is -1.64. The third-order valence-corrected chi connectivity index (χ3v) is 3.63. The molecule has 0 saturated carbocycles. The number of benzene rings is 1. The maximum atomic E-state index is 12.1. The molecule has 8 heteroatoms. The largest absolute Gasteiger partial charge is 0.323 e. The maximum absolute atomic E-state index is 12.1. The summed E-state index contributed by atoms with van der Waals surface area (Å²) in [6, 6.07) is 5.75. The molecule has 1 aliphatic rings. The highest BCUT2D eigenvalue weighted by molar-refractivity contribution is 7.91. The second-order valence-corrected chi connectivity index (χ2v) is 6.83. The van der Waals surface area contributed by atoms with Gasteiger partial charge >= 0.3 is 0 Å². The van der Waals surface area contributed by atoms with Gasteiger partial charge in [0.2, 0.25) is 11.8 Å². The number of fused-ring (bicyclic) bond motifs is 1. The maximum Gasteiger partial charge on any atom is 0.243 e. The lowest BCUT2D eigenvalue weighted by Gasteiger charge is -2.23. The van der Waals surface area contributed by atoms with Crippen LogP contribution in [0.15, 0.2) is 24.3 Å². The Morgan fingerprint density at radius 3 is 2.75 bits per heavy atom. The topological polar surface area (TPSA) is 110 Å². The number of amides is 2. The molecule has 20 heavy (non-hydrogen) atoms. The zero-order valence-corrected chi connectivity index (χ0v) is 11.7. The van der Waals surface area contributed by atoms with Crippen LogP contribution < -0.4 is 16.0 Å².